The van der Waals surface area contributed by atoms with Gasteiger partial charge in [0, 0.05) is 38.3 Å². The van der Waals surface area contributed by atoms with Crippen LogP contribution in [0.1, 0.15) is 18.4 Å². The van der Waals surface area contributed by atoms with Crippen LogP contribution in [-0.4, -0.2) is 56.5 Å². The number of anilines is 1. The Balaban J connectivity index is 1.57. The number of aliphatic imine (C=N–C) groups is 1. The van der Waals surface area contributed by atoms with Crippen molar-refractivity contribution in [2.75, 3.05) is 44.7 Å². The summed E-state index contributed by atoms with van der Waals surface area (Å²) in [5.74, 6) is 0.733. The summed E-state index contributed by atoms with van der Waals surface area (Å²) in [7, 11) is 2.02. The summed E-state index contributed by atoms with van der Waals surface area (Å²) >= 11 is 0. The molecule has 0 aromatic carbocycles. The molecular weight excluding hydrogens is 316 g/mol. The number of amidine groups is 1. The van der Waals surface area contributed by atoms with E-state index in [1.54, 1.807) is 6.26 Å². The van der Waals surface area contributed by atoms with Crippen LogP contribution in [-0.2, 0) is 6.42 Å². The van der Waals surface area contributed by atoms with E-state index < -0.39 is 5.92 Å². The van der Waals surface area contributed by atoms with Gasteiger partial charge in [0.15, 0.2) is 11.8 Å². The predicted molar refractivity (Wildman–Crippen MR) is 95.3 cm³/mol. The van der Waals surface area contributed by atoms with Gasteiger partial charge < -0.3 is 19.5 Å². The van der Waals surface area contributed by atoms with Crippen molar-refractivity contribution in [3.05, 3.63) is 17.9 Å². The Kier molecular flexibility index (Phi) is 5.57. The zero-order valence-electron chi connectivity index (χ0n) is 14.6. The van der Waals surface area contributed by atoms with E-state index in [2.05, 4.69) is 21.3 Å². The van der Waals surface area contributed by atoms with Gasteiger partial charge in [-0.25, -0.2) is 0 Å². The minimum atomic E-state index is -0.777. The third-order valence-corrected chi connectivity index (χ3v) is 4.89. The highest BCUT2D eigenvalue weighted by Crippen LogP contribution is 2.24. The molecule has 1 atom stereocenters. The van der Waals surface area contributed by atoms with Gasteiger partial charge in [-0.05, 0) is 31.9 Å². The van der Waals surface area contributed by atoms with Gasteiger partial charge in [-0.3, -0.25) is 4.99 Å². The second-order valence-electron chi connectivity index (χ2n) is 6.59. The number of hydrogen-bond donors (Lipinski definition) is 1. The lowest BCUT2D eigenvalue weighted by Crippen LogP contribution is -2.38. The average Bonchev–Trinajstić information content (AvgIpc) is 3.36. The Morgan fingerprint density at radius 2 is 2.32 bits per heavy atom. The lowest BCUT2D eigenvalue weighted by atomic mass is 10.1. The molecule has 25 heavy (non-hydrogen) atoms. The fourth-order valence-electron chi connectivity index (χ4n) is 3.53. The molecule has 0 saturated carbocycles. The van der Waals surface area contributed by atoms with Crippen LogP contribution in [0.15, 0.2) is 21.7 Å². The van der Waals surface area contributed by atoms with Gasteiger partial charge in [0.05, 0.1) is 24.9 Å². The second-order valence-corrected chi connectivity index (χ2v) is 6.59. The van der Waals surface area contributed by atoms with Gasteiger partial charge in [0.2, 0.25) is 0 Å². The van der Waals surface area contributed by atoms with E-state index in [9.17, 15) is 0 Å². The van der Waals surface area contributed by atoms with Gasteiger partial charge >= 0.3 is 0 Å². The van der Waals surface area contributed by atoms with Crippen LogP contribution in [0.25, 0.3) is 0 Å². The number of nitriles is 2. The molecular formula is C18H24N6O. The molecule has 1 saturated heterocycles. The van der Waals surface area contributed by atoms with E-state index in [4.69, 9.17) is 14.9 Å². The molecule has 3 heterocycles. The topological polar surface area (TPSA) is 91.6 Å². The van der Waals surface area contributed by atoms with Crippen molar-refractivity contribution in [2.45, 2.75) is 25.3 Å². The maximum absolute atomic E-state index is 9.09. The summed E-state index contributed by atoms with van der Waals surface area (Å²) in [6.45, 7) is 3.99. The van der Waals surface area contributed by atoms with Crippen LogP contribution in [0.3, 0.4) is 0 Å². The SMILES string of the molecule is CN(CCN1CCN=C1C(C#N)C#N)c1occc1CC1CCCN1. The quantitative estimate of drug-likeness (QED) is 0.806. The third-order valence-electron chi connectivity index (χ3n) is 4.89. The molecule has 0 bridgehead atoms. The Labute approximate surface area is 148 Å². The molecule has 3 rings (SSSR count). The lowest BCUT2D eigenvalue weighted by Gasteiger charge is -2.25. The van der Waals surface area contributed by atoms with Crippen molar-refractivity contribution in [2.24, 2.45) is 10.9 Å². The van der Waals surface area contributed by atoms with Crippen LogP contribution < -0.4 is 10.2 Å². The minimum Gasteiger partial charge on any atom is -0.449 e. The summed E-state index contributed by atoms with van der Waals surface area (Å²) in [6.07, 6.45) is 5.19. The summed E-state index contributed by atoms with van der Waals surface area (Å²) in [4.78, 5) is 8.47. The molecule has 1 aromatic rings. The molecule has 132 valence electrons. The van der Waals surface area contributed by atoms with Gasteiger partial charge in [0.1, 0.15) is 5.84 Å². The van der Waals surface area contributed by atoms with Crippen LogP contribution >= 0.6 is 0 Å². The molecule has 7 heteroatoms. The normalized spacial score (nSPS) is 19.8. The monoisotopic (exact) mass is 340 g/mol. The lowest BCUT2D eigenvalue weighted by molar-refractivity contribution is 0.445. The van der Waals surface area contributed by atoms with Gasteiger partial charge in [-0.2, -0.15) is 10.5 Å². The van der Waals surface area contributed by atoms with E-state index in [1.807, 2.05) is 24.1 Å². The summed E-state index contributed by atoms with van der Waals surface area (Å²) in [5, 5.41) is 21.7. The Morgan fingerprint density at radius 1 is 1.48 bits per heavy atom. The van der Waals surface area contributed by atoms with E-state index in [1.165, 1.54) is 18.4 Å². The number of nitrogens with one attached hydrogen (secondary N) is 1. The maximum atomic E-state index is 9.09. The number of likely N-dealkylation sites (N-methyl/N-ethyl adjacent to an activating group) is 1. The van der Waals surface area contributed by atoms with E-state index >= 15 is 0 Å². The number of nitrogens with zero attached hydrogens (tertiary/aromatic N) is 5. The van der Waals surface area contributed by atoms with E-state index in [-0.39, 0.29) is 0 Å². The molecule has 0 radical (unpaired) electrons. The second kappa shape index (κ2) is 8.04. The average molecular weight is 340 g/mol. The van der Waals surface area contributed by atoms with Crippen LogP contribution in [0, 0.1) is 28.6 Å². The highest BCUT2D eigenvalue weighted by Gasteiger charge is 2.26. The first-order chi connectivity index (χ1) is 12.2. The molecule has 2 aliphatic heterocycles. The van der Waals surface area contributed by atoms with Crippen molar-refractivity contribution in [1.29, 1.82) is 10.5 Å². The Hall–Kier alpha value is -2.51. The predicted octanol–water partition coefficient (Wildman–Crippen LogP) is 1.39. The first-order valence-electron chi connectivity index (χ1n) is 8.82. The summed E-state index contributed by atoms with van der Waals surface area (Å²) in [5.41, 5.74) is 1.23. The zero-order chi connectivity index (χ0) is 17.6. The Bertz CT molecular complexity index is 677. The first kappa shape index (κ1) is 17.3. The van der Waals surface area contributed by atoms with E-state index in [0.29, 0.717) is 18.4 Å². The fraction of sp³-hybridized carbons (Fsp3) is 0.611. The molecule has 2 aliphatic rings. The molecule has 0 spiro atoms. The van der Waals surface area contributed by atoms with Gasteiger partial charge in [-0.1, -0.05) is 0 Å². The van der Waals surface area contributed by atoms with Crippen molar-refractivity contribution in [1.82, 2.24) is 10.2 Å². The highest BCUT2D eigenvalue weighted by molar-refractivity contribution is 5.90. The van der Waals surface area contributed by atoms with Crippen LogP contribution in [0.5, 0.6) is 0 Å². The fourth-order valence-corrected chi connectivity index (χ4v) is 3.53. The molecule has 7 nitrogen and oxygen atoms in total. The smallest absolute Gasteiger partial charge is 0.198 e. The molecule has 1 N–H and O–H groups in total. The number of rotatable bonds is 7. The standard InChI is InChI=1S/C18H24N6O/c1-23(8-9-24-7-6-22-17(24)15(12-19)13-20)18-14(4-10-25-18)11-16-3-2-5-21-16/h4,10,15-16,21H,2-3,5-9,11H2,1H3. The minimum absolute atomic E-state index is 0.536. The zero-order valence-corrected chi connectivity index (χ0v) is 14.6. The van der Waals surface area contributed by atoms with E-state index in [0.717, 1.165) is 38.5 Å². The van der Waals surface area contributed by atoms with Crippen molar-refractivity contribution in [3.63, 3.8) is 0 Å². The van der Waals surface area contributed by atoms with Crippen molar-refractivity contribution >= 4 is 11.7 Å². The summed E-state index contributed by atoms with van der Waals surface area (Å²) < 4.78 is 5.71. The molecule has 1 aromatic heterocycles. The largest absolute Gasteiger partial charge is 0.449 e. The van der Waals surface area contributed by atoms with Crippen LogP contribution in [0.4, 0.5) is 5.88 Å². The van der Waals surface area contributed by atoms with Crippen molar-refractivity contribution in [3.8, 4) is 12.1 Å². The maximum Gasteiger partial charge on any atom is 0.198 e. The molecule has 0 amide bonds. The third kappa shape index (κ3) is 3.94. The molecule has 1 unspecified atom stereocenters. The number of hydrogen-bond acceptors (Lipinski definition) is 7. The van der Waals surface area contributed by atoms with Gasteiger partial charge in [0.25, 0.3) is 0 Å². The molecule has 1 fully saturated rings. The molecule has 0 aliphatic carbocycles. The first-order valence-corrected chi connectivity index (χ1v) is 8.82. The summed E-state index contributed by atoms with van der Waals surface area (Å²) in [6, 6.07) is 6.62. The van der Waals surface area contributed by atoms with Crippen molar-refractivity contribution < 1.29 is 4.42 Å². The number of furan rings is 1. The van der Waals surface area contributed by atoms with Gasteiger partial charge in [-0.15, -0.1) is 0 Å². The van der Waals surface area contributed by atoms with Crippen LogP contribution in [0.2, 0.25) is 0 Å². The Morgan fingerprint density at radius 3 is 3.04 bits per heavy atom. The highest BCUT2D eigenvalue weighted by atomic mass is 16.3.